The van der Waals surface area contributed by atoms with Crippen LogP contribution in [-0.4, -0.2) is 38.7 Å². The second kappa shape index (κ2) is 7.18. The summed E-state index contributed by atoms with van der Waals surface area (Å²) in [5.41, 5.74) is 4.52. The number of hydrogen-bond donors (Lipinski definition) is 1. The summed E-state index contributed by atoms with van der Waals surface area (Å²) in [5.74, 6) is 0.334. The molecule has 2 aliphatic heterocycles. The highest BCUT2D eigenvalue weighted by Crippen LogP contribution is 2.36. The summed E-state index contributed by atoms with van der Waals surface area (Å²) in [4.78, 5) is 6.77. The van der Waals surface area contributed by atoms with E-state index in [1.807, 2.05) is 26.0 Å². The maximum atomic E-state index is 12.9. The van der Waals surface area contributed by atoms with Gasteiger partial charge >= 0.3 is 0 Å². The van der Waals surface area contributed by atoms with Crippen LogP contribution in [0.25, 0.3) is 5.70 Å². The van der Waals surface area contributed by atoms with E-state index in [2.05, 4.69) is 20.0 Å². The number of fused-ring (bicyclic) bond motifs is 1. The molecule has 2 aromatic rings. The zero-order chi connectivity index (χ0) is 19.9. The highest BCUT2D eigenvalue weighted by Gasteiger charge is 2.27. The SMILES string of the molecule is COc1cc(C)c(C)cc1S(=O)(=O)Nc1ccc(C2=CSC3=NCCN23)cc1. The number of rotatable bonds is 5. The van der Waals surface area contributed by atoms with E-state index < -0.39 is 10.0 Å². The lowest BCUT2D eigenvalue weighted by molar-refractivity contribution is 0.402. The van der Waals surface area contributed by atoms with Crippen molar-refractivity contribution in [1.82, 2.24) is 4.90 Å². The van der Waals surface area contributed by atoms with Crippen LogP contribution in [0.4, 0.5) is 5.69 Å². The van der Waals surface area contributed by atoms with Crippen LogP contribution >= 0.6 is 11.8 Å². The van der Waals surface area contributed by atoms with Crippen molar-refractivity contribution in [3.05, 3.63) is 58.5 Å². The minimum Gasteiger partial charge on any atom is -0.495 e. The second-order valence-corrected chi connectivity index (χ2v) is 9.19. The molecule has 6 nitrogen and oxygen atoms in total. The summed E-state index contributed by atoms with van der Waals surface area (Å²) in [5, 5.41) is 3.11. The molecule has 0 fully saturated rings. The van der Waals surface area contributed by atoms with Gasteiger partial charge in [-0.15, -0.1) is 0 Å². The number of benzene rings is 2. The van der Waals surface area contributed by atoms with Crippen LogP contribution in [0.1, 0.15) is 16.7 Å². The number of nitrogens with zero attached hydrogens (tertiary/aromatic N) is 2. The van der Waals surface area contributed by atoms with Crippen LogP contribution in [-0.2, 0) is 10.0 Å². The molecule has 2 heterocycles. The van der Waals surface area contributed by atoms with E-state index in [0.29, 0.717) is 11.4 Å². The van der Waals surface area contributed by atoms with Gasteiger partial charge in [0, 0.05) is 17.6 Å². The predicted molar refractivity (Wildman–Crippen MR) is 114 cm³/mol. The summed E-state index contributed by atoms with van der Waals surface area (Å²) < 4.78 is 33.7. The summed E-state index contributed by atoms with van der Waals surface area (Å²) in [6, 6.07) is 10.8. The first kappa shape index (κ1) is 18.9. The standard InChI is InChI=1S/C20H21N3O3S2/c1-13-10-18(26-3)19(11-14(13)2)28(24,25)22-16-6-4-15(5-7-16)17-12-27-20-21-8-9-23(17)20/h4-7,10-12,22H,8-9H2,1-3H3. The van der Waals surface area contributed by atoms with Crippen molar-refractivity contribution in [3.63, 3.8) is 0 Å². The molecule has 2 aromatic carbocycles. The summed E-state index contributed by atoms with van der Waals surface area (Å²) >= 11 is 1.62. The molecule has 8 heteroatoms. The fourth-order valence-corrected chi connectivity index (χ4v) is 5.46. The highest BCUT2D eigenvalue weighted by molar-refractivity contribution is 8.16. The third-order valence-corrected chi connectivity index (χ3v) is 7.17. The average molecular weight is 416 g/mol. The predicted octanol–water partition coefficient (Wildman–Crippen LogP) is 3.83. The van der Waals surface area contributed by atoms with Gasteiger partial charge in [0.15, 0.2) is 5.17 Å². The number of aryl methyl sites for hydroxylation is 2. The Kier molecular flexibility index (Phi) is 4.84. The fraction of sp³-hybridized carbons (Fsp3) is 0.250. The van der Waals surface area contributed by atoms with Crippen LogP contribution < -0.4 is 9.46 Å². The Morgan fingerprint density at radius 3 is 2.57 bits per heavy atom. The molecule has 0 aliphatic carbocycles. The minimum absolute atomic E-state index is 0.134. The van der Waals surface area contributed by atoms with E-state index in [4.69, 9.17) is 4.74 Å². The van der Waals surface area contributed by atoms with Crippen molar-refractivity contribution in [3.8, 4) is 5.75 Å². The lowest BCUT2D eigenvalue weighted by atomic mass is 10.1. The number of aliphatic imine (C=N–C) groups is 1. The molecule has 0 saturated heterocycles. The third kappa shape index (κ3) is 3.38. The second-order valence-electron chi connectivity index (χ2n) is 6.71. The third-order valence-electron chi connectivity index (χ3n) is 4.87. The van der Waals surface area contributed by atoms with Gasteiger partial charge in [-0.2, -0.15) is 0 Å². The number of methoxy groups -OCH3 is 1. The van der Waals surface area contributed by atoms with Crippen LogP contribution in [0.2, 0.25) is 0 Å². The normalized spacial score (nSPS) is 15.9. The van der Waals surface area contributed by atoms with Gasteiger partial charge in [-0.05, 0) is 54.8 Å². The van der Waals surface area contributed by atoms with E-state index in [0.717, 1.165) is 40.6 Å². The molecular formula is C20H21N3O3S2. The maximum absolute atomic E-state index is 12.9. The van der Waals surface area contributed by atoms with Crippen LogP contribution in [0.3, 0.4) is 0 Å². The Morgan fingerprint density at radius 1 is 1.14 bits per heavy atom. The summed E-state index contributed by atoms with van der Waals surface area (Å²) in [6.07, 6.45) is 0. The molecule has 28 heavy (non-hydrogen) atoms. The molecule has 0 radical (unpaired) electrons. The first-order chi connectivity index (χ1) is 13.4. The Bertz CT molecular complexity index is 1090. The largest absolute Gasteiger partial charge is 0.495 e. The van der Waals surface area contributed by atoms with Gasteiger partial charge in [0.1, 0.15) is 10.6 Å². The van der Waals surface area contributed by atoms with Crippen molar-refractivity contribution in [2.75, 3.05) is 24.9 Å². The average Bonchev–Trinajstić information content (AvgIpc) is 3.28. The van der Waals surface area contributed by atoms with E-state index in [9.17, 15) is 8.42 Å². The lowest BCUT2D eigenvalue weighted by Gasteiger charge is -2.17. The molecule has 0 unspecified atom stereocenters. The topological polar surface area (TPSA) is 71.0 Å². The number of nitrogens with one attached hydrogen (secondary N) is 1. The lowest BCUT2D eigenvalue weighted by Crippen LogP contribution is -2.19. The van der Waals surface area contributed by atoms with Crippen molar-refractivity contribution < 1.29 is 13.2 Å². The van der Waals surface area contributed by atoms with E-state index in [-0.39, 0.29) is 4.90 Å². The van der Waals surface area contributed by atoms with Gasteiger partial charge in [-0.25, -0.2) is 8.42 Å². The smallest absolute Gasteiger partial charge is 0.265 e. The molecular weight excluding hydrogens is 394 g/mol. The summed E-state index contributed by atoms with van der Waals surface area (Å²) in [7, 11) is -2.29. The molecule has 146 valence electrons. The number of anilines is 1. The monoisotopic (exact) mass is 415 g/mol. The maximum Gasteiger partial charge on any atom is 0.265 e. The Hall–Kier alpha value is -2.45. The molecule has 0 saturated carbocycles. The minimum atomic E-state index is -3.76. The van der Waals surface area contributed by atoms with Gasteiger partial charge in [0.05, 0.1) is 19.4 Å². The molecule has 0 atom stereocenters. The molecule has 0 bridgehead atoms. The number of ether oxygens (including phenoxy) is 1. The van der Waals surface area contributed by atoms with E-state index >= 15 is 0 Å². The summed E-state index contributed by atoms with van der Waals surface area (Å²) in [6.45, 7) is 5.50. The first-order valence-corrected chi connectivity index (χ1v) is 11.2. The molecule has 4 rings (SSSR count). The molecule has 0 spiro atoms. The van der Waals surface area contributed by atoms with Crippen LogP contribution in [0.15, 0.2) is 51.7 Å². The molecule has 1 N–H and O–H groups in total. The Balaban J connectivity index is 1.58. The number of sulfonamides is 1. The molecule has 0 aromatic heterocycles. The number of hydrogen-bond acceptors (Lipinski definition) is 6. The fourth-order valence-electron chi connectivity index (χ4n) is 3.20. The first-order valence-electron chi connectivity index (χ1n) is 8.86. The Labute approximate surface area is 169 Å². The zero-order valence-corrected chi connectivity index (χ0v) is 17.5. The van der Waals surface area contributed by atoms with E-state index in [1.165, 1.54) is 7.11 Å². The van der Waals surface area contributed by atoms with Gasteiger partial charge in [-0.3, -0.25) is 9.71 Å². The number of amidine groups is 1. The van der Waals surface area contributed by atoms with Crippen molar-refractivity contribution in [2.45, 2.75) is 18.7 Å². The molecule has 0 amide bonds. The van der Waals surface area contributed by atoms with Crippen molar-refractivity contribution >= 4 is 38.3 Å². The van der Waals surface area contributed by atoms with Crippen molar-refractivity contribution in [2.24, 2.45) is 4.99 Å². The van der Waals surface area contributed by atoms with Gasteiger partial charge in [-0.1, -0.05) is 23.9 Å². The van der Waals surface area contributed by atoms with Gasteiger partial charge in [0.25, 0.3) is 10.0 Å². The molecule has 2 aliphatic rings. The van der Waals surface area contributed by atoms with Gasteiger partial charge < -0.3 is 9.64 Å². The van der Waals surface area contributed by atoms with Crippen LogP contribution in [0.5, 0.6) is 5.75 Å². The van der Waals surface area contributed by atoms with Gasteiger partial charge in [0.2, 0.25) is 0 Å². The zero-order valence-electron chi connectivity index (χ0n) is 15.9. The van der Waals surface area contributed by atoms with Crippen molar-refractivity contribution in [1.29, 1.82) is 0 Å². The highest BCUT2D eigenvalue weighted by atomic mass is 32.2. The number of thioether (sulfide) groups is 1. The quantitative estimate of drug-likeness (QED) is 0.804. The van der Waals surface area contributed by atoms with Crippen LogP contribution in [0, 0.1) is 13.8 Å². The Morgan fingerprint density at radius 2 is 1.86 bits per heavy atom. The van der Waals surface area contributed by atoms with E-state index in [1.54, 1.807) is 36.0 Å².